The average molecular weight is 355 g/mol. The molecular formula is C20H22NO3P. The van der Waals surface area contributed by atoms with Gasteiger partial charge in [0.15, 0.2) is 0 Å². The lowest BCUT2D eigenvalue weighted by molar-refractivity contribution is 0.354. The van der Waals surface area contributed by atoms with Crippen LogP contribution in [0.25, 0.3) is 0 Å². The van der Waals surface area contributed by atoms with Gasteiger partial charge in [0, 0.05) is 6.54 Å². The molecule has 0 spiro atoms. The van der Waals surface area contributed by atoms with Gasteiger partial charge in [-0.1, -0.05) is 48.6 Å². The van der Waals surface area contributed by atoms with Crippen molar-refractivity contribution in [3.8, 4) is 11.5 Å². The molecule has 2 aromatic carbocycles. The van der Waals surface area contributed by atoms with Crippen LogP contribution in [0.5, 0.6) is 11.5 Å². The molecule has 1 saturated carbocycles. The van der Waals surface area contributed by atoms with Crippen molar-refractivity contribution in [1.82, 2.24) is 5.09 Å². The zero-order valence-corrected chi connectivity index (χ0v) is 14.8. The van der Waals surface area contributed by atoms with Crippen molar-refractivity contribution in [2.24, 2.45) is 17.8 Å². The quantitative estimate of drug-likeness (QED) is 0.557. The van der Waals surface area contributed by atoms with Crippen LogP contribution in [0.1, 0.15) is 12.8 Å². The first-order valence-electron chi connectivity index (χ1n) is 8.73. The van der Waals surface area contributed by atoms with Gasteiger partial charge in [-0.25, -0.2) is 9.65 Å². The maximum absolute atomic E-state index is 13.3. The molecule has 3 unspecified atom stereocenters. The highest BCUT2D eigenvalue weighted by atomic mass is 31.2. The van der Waals surface area contributed by atoms with Crippen molar-refractivity contribution in [1.29, 1.82) is 0 Å². The highest BCUT2D eigenvalue weighted by molar-refractivity contribution is 7.52. The monoisotopic (exact) mass is 355 g/mol. The van der Waals surface area contributed by atoms with E-state index in [1.165, 1.54) is 6.42 Å². The minimum Gasteiger partial charge on any atom is -0.405 e. The lowest BCUT2D eigenvalue weighted by Gasteiger charge is -2.24. The SMILES string of the molecule is O=P(NCC1CC2C=CC1C2)(Oc1ccccc1)Oc1ccccc1. The summed E-state index contributed by atoms with van der Waals surface area (Å²) in [4.78, 5) is 0. The summed E-state index contributed by atoms with van der Waals surface area (Å²) >= 11 is 0. The van der Waals surface area contributed by atoms with Gasteiger partial charge in [-0.05, 0) is 54.9 Å². The van der Waals surface area contributed by atoms with E-state index >= 15 is 0 Å². The predicted octanol–water partition coefficient (Wildman–Crippen LogP) is 5.05. The first-order chi connectivity index (χ1) is 12.2. The van der Waals surface area contributed by atoms with Crippen LogP contribution in [-0.4, -0.2) is 6.54 Å². The molecule has 1 N–H and O–H groups in total. The Morgan fingerprint density at radius 1 is 0.880 bits per heavy atom. The van der Waals surface area contributed by atoms with Gasteiger partial charge in [0.05, 0.1) is 0 Å². The molecule has 130 valence electrons. The van der Waals surface area contributed by atoms with E-state index in [-0.39, 0.29) is 0 Å². The summed E-state index contributed by atoms with van der Waals surface area (Å²) in [5, 5.41) is 3.10. The number of nitrogens with one attached hydrogen (secondary N) is 1. The molecule has 3 atom stereocenters. The van der Waals surface area contributed by atoms with Crippen LogP contribution >= 0.6 is 7.75 Å². The first-order valence-corrected chi connectivity index (χ1v) is 10.3. The van der Waals surface area contributed by atoms with Crippen LogP contribution in [0, 0.1) is 17.8 Å². The van der Waals surface area contributed by atoms with E-state index in [4.69, 9.17) is 9.05 Å². The van der Waals surface area contributed by atoms with Crippen LogP contribution < -0.4 is 14.1 Å². The van der Waals surface area contributed by atoms with Gasteiger partial charge in [0.25, 0.3) is 0 Å². The molecule has 0 aliphatic heterocycles. The molecule has 2 bridgehead atoms. The topological polar surface area (TPSA) is 47.6 Å². The maximum Gasteiger partial charge on any atom is 0.512 e. The molecule has 0 radical (unpaired) electrons. The summed E-state index contributed by atoms with van der Waals surface area (Å²) in [6.45, 7) is 0.627. The highest BCUT2D eigenvalue weighted by Crippen LogP contribution is 2.47. The fraction of sp³-hybridized carbons (Fsp3) is 0.300. The Hall–Kier alpha value is -2.03. The Labute approximate surface area is 148 Å². The molecule has 2 aliphatic rings. The van der Waals surface area contributed by atoms with E-state index in [9.17, 15) is 4.57 Å². The largest absolute Gasteiger partial charge is 0.512 e. The van der Waals surface area contributed by atoms with E-state index in [1.807, 2.05) is 36.4 Å². The molecule has 0 saturated heterocycles. The molecule has 0 heterocycles. The average Bonchev–Trinajstić information content (AvgIpc) is 3.25. The van der Waals surface area contributed by atoms with Crippen molar-refractivity contribution in [3.05, 3.63) is 72.8 Å². The Balaban J connectivity index is 1.48. The van der Waals surface area contributed by atoms with E-state index in [1.54, 1.807) is 24.3 Å². The highest BCUT2D eigenvalue weighted by Gasteiger charge is 2.38. The van der Waals surface area contributed by atoms with E-state index in [0.29, 0.717) is 35.8 Å². The van der Waals surface area contributed by atoms with Crippen LogP contribution in [0.3, 0.4) is 0 Å². The molecule has 25 heavy (non-hydrogen) atoms. The lowest BCUT2D eigenvalue weighted by atomic mass is 9.94. The summed E-state index contributed by atoms with van der Waals surface area (Å²) in [5.74, 6) is 2.81. The third-order valence-electron chi connectivity index (χ3n) is 4.90. The number of allylic oxidation sites excluding steroid dienone is 2. The number of hydrogen-bond donors (Lipinski definition) is 1. The Morgan fingerprint density at radius 3 is 1.96 bits per heavy atom. The van der Waals surface area contributed by atoms with Crippen LogP contribution in [0.15, 0.2) is 72.8 Å². The third-order valence-corrected chi connectivity index (χ3v) is 6.37. The van der Waals surface area contributed by atoms with Crippen molar-refractivity contribution in [3.63, 3.8) is 0 Å². The van der Waals surface area contributed by atoms with Crippen LogP contribution in [0.4, 0.5) is 0 Å². The number of fused-ring (bicyclic) bond motifs is 2. The summed E-state index contributed by atoms with van der Waals surface area (Å²) in [6.07, 6.45) is 6.96. The zero-order chi connectivity index (χ0) is 17.1. The van der Waals surface area contributed by atoms with Crippen LogP contribution in [-0.2, 0) is 4.57 Å². The summed E-state index contributed by atoms with van der Waals surface area (Å²) in [7, 11) is -3.51. The standard InChI is InChI=1S/C20H22NO3P/c22-25(23-19-7-3-1-4-8-19,24-20-9-5-2-6-10-20)21-15-18-14-16-11-12-17(18)13-16/h1-12,16-18H,13-15H2,(H,21,22). The fourth-order valence-electron chi connectivity index (χ4n) is 3.68. The fourth-order valence-corrected chi connectivity index (χ4v) is 5.10. The van der Waals surface area contributed by atoms with Gasteiger partial charge in [-0.15, -0.1) is 0 Å². The van der Waals surface area contributed by atoms with Gasteiger partial charge < -0.3 is 9.05 Å². The van der Waals surface area contributed by atoms with Gasteiger partial charge >= 0.3 is 7.75 Å². The Kier molecular flexibility index (Phi) is 4.65. The van der Waals surface area contributed by atoms with Gasteiger partial charge in [-0.2, -0.15) is 0 Å². The molecule has 5 heteroatoms. The summed E-state index contributed by atoms with van der Waals surface area (Å²) in [6, 6.07) is 18.3. The molecule has 0 aromatic heterocycles. The van der Waals surface area contributed by atoms with Crippen LogP contribution in [0.2, 0.25) is 0 Å². The number of rotatable bonds is 7. The molecule has 1 fully saturated rings. The third kappa shape index (κ3) is 3.97. The predicted molar refractivity (Wildman–Crippen MR) is 98.6 cm³/mol. The first kappa shape index (κ1) is 16.4. The second-order valence-electron chi connectivity index (χ2n) is 6.71. The zero-order valence-electron chi connectivity index (χ0n) is 14.0. The second-order valence-corrected chi connectivity index (χ2v) is 8.39. The Bertz CT molecular complexity index is 733. The van der Waals surface area contributed by atoms with Crippen molar-refractivity contribution < 1.29 is 13.6 Å². The minimum atomic E-state index is -3.51. The lowest BCUT2D eigenvalue weighted by Crippen LogP contribution is -2.27. The van der Waals surface area contributed by atoms with Gasteiger partial charge in [-0.3, -0.25) is 0 Å². The normalized spacial score (nSPS) is 24.4. The molecular weight excluding hydrogens is 333 g/mol. The molecule has 2 aromatic rings. The van der Waals surface area contributed by atoms with Crippen molar-refractivity contribution >= 4 is 7.75 Å². The summed E-state index contributed by atoms with van der Waals surface area (Å²) in [5.41, 5.74) is 0. The van der Waals surface area contributed by atoms with E-state index in [0.717, 1.165) is 6.42 Å². The van der Waals surface area contributed by atoms with Crippen molar-refractivity contribution in [2.45, 2.75) is 12.8 Å². The molecule has 4 nitrogen and oxygen atoms in total. The number of para-hydroxylation sites is 2. The molecule has 4 rings (SSSR count). The number of hydrogen-bond acceptors (Lipinski definition) is 3. The van der Waals surface area contributed by atoms with Gasteiger partial charge in [0.1, 0.15) is 11.5 Å². The Morgan fingerprint density at radius 2 is 1.48 bits per heavy atom. The van der Waals surface area contributed by atoms with E-state index < -0.39 is 7.75 Å². The van der Waals surface area contributed by atoms with Crippen molar-refractivity contribution in [2.75, 3.05) is 6.54 Å². The summed E-state index contributed by atoms with van der Waals surface area (Å²) < 4.78 is 24.8. The minimum absolute atomic E-state index is 0.488. The molecule has 2 aliphatic carbocycles. The van der Waals surface area contributed by atoms with Gasteiger partial charge in [0.2, 0.25) is 0 Å². The smallest absolute Gasteiger partial charge is 0.405 e. The maximum atomic E-state index is 13.3. The molecule has 0 amide bonds. The second kappa shape index (κ2) is 7.07. The van der Waals surface area contributed by atoms with E-state index in [2.05, 4.69) is 17.2 Å². The number of benzene rings is 2.